The molecule has 0 heterocycles. The third-order valence-corrected chi connectivity index (χ3v) is 2.92. The molecule has 114 valence electrons. The van der Waals surface area contributed by atoms with Gasteiger partial charge < -0.3 is 4.74 Å². The summed E-state index contributed by atoms with van der Waals surface area (Å²) < 4.78 is 5.53. The minimum absolute atomic E-state index is 0.374. The highest BCUT2D eigenvalue weighted by atomic mass is 16.5. The van der Waals surface area contributed by atoms with E-state index in [-0.39, 0.29) is 5.91 Å². The van der Waals surface area contributed by atoms with Crippen LogP contribution in [0.15, 0.2) is 54.6 Å². The van der Waals surface area contributed by atoms with E-state index in [1.54, 1.807) is 48.5 Å². The number of hydrazine groups is 1. The Morgan fingerprint density at radius 2 is 1.55 bits per heavy atom. The molecule has 5 nitrogen and oxygen atoms in total. The summed E-state index contributed by atoms with van der Waals surface area (Å²) in [6, 6.07) is 15.6. The molecule has 2 aromatic rings. The van der Waals surface area contributed by atoms with Crippen LogP contribution in [0.3, 0.4) is 0 Å². The summed E-state index contributed by atoms with van der Waals surface area (Å²) in [6.45, 7) is 2.52. The Hall–Kier alpha value is -2.82. The minimum atomic E-state index is -0.420. The average molecular weight is 298 g/mol. The van der Waals surface area contributed by atoms with Crippen LogP contribution in [0.25, 0.3) is 0 Å². The molecule has 0 aliphatic rings. The summed E-state index contributed by atoms with van der Waals surface area (Å²) in [5.74, 6) is -0.298. The van der Waals surface area contributed by atoms with Gasteiger partial charge in [-0.15, -0.1) is 0 Å². The fraction of sp³-hybridized carbons (Fsp3) is 0.176. The summed E-state index contributed by atoms with van der Waals surface area (Å²) in [5, 5.41) is 0. The Labute approximate surface area is 129 Å². The standard InChI is InChI=1S/C17H18N2O3/c1-2-12-22-15-11-7-6-10-14(15)17(21)19-18-16(20)13-8-4-3-5-9-13/h3-11H,2,12H2,1H3,(H,18,20)(H,19,21). The highest BCUT2D eigenvalue weighted by molar-refractivity contribution is 6.00. The van der Waals surface area contributed by atoms with E-state index in [9.17, 15) is 9.59 Å². The zero-order chi connectivity index (χ0) is 15.8. The van der Waals surface area contributed by atoms with E-state index in [0.29, 0.717) is 23.5 Å². The van der Waals surface area contributed by atoms with Crippen molar-refractivity contribution >= 4 is 11.8 Å². The van der Waals surface area contributed by atoms with E-state index in [4.69, 9.17) is 4.74 Å². The first-order valence-corrected chi connectivity index (χ1v) is 7.10. The predicted molar refractivity (Wildman–Crippen MR) is 83.6 cm³/mol. The number of hydrogen-bond acceptors (Lipinski definition) is 3. The van der Waals surface area contributed by atoms with Crippen LogP contribution in [0.2, 0.25) is 0 Å². The van der Waals surface area contributed by atoms with Crippen LogP contribution in [0.5, 0.6) is 5.75 Å². The number of benzene rings is 2. The van der Waals surface area contributed by atoms with Gasteiger partial charge >= 0.3 is 0 Å². The van der Waals surface area contributed by atoms with Crippen molar-refractivity contribution in [2.45, 2.75) is 13.3 Å². The Bertz CT molecular complexity index is 641. The van der Waals surface area contributed by atoms with Crippen LogP contribution in [0.4, 0.5) is 0 Å². The van der Waals surface area contributed by atoms with Crippen molar-refractivity contribution in [1.82, 2.24) is 10.9 Å². The Morgan fingerprint density at radius 1 is 0.909 bits per heavy atom. The molecule has 2 amide bonds. The van der Waals surface area contributed by atoms with Gasteiger partial charge in [0.1, 0.15) is 5.75 Å². The molecule has 0 saturated carbocycles. The normalized spacial score (nSPS) is 9.86. The third kappa shape index (κ3) is 4.09. The first kappa shape index (κ1) is 15.6. The Kier molecular flexibility index (Phi) is 5.54. The number of nitrogens with one attached hydrogen (secondary N) is 2. The maximum atomic E-state index is 12.2. The molecule has 0 unspecified atom stereocenters. The van der Waals surface area contributed by atoms with Crippen LogP contribution >= 0.6 is 0 Å². The summed E-state index contributed by atoms with van der Waals surface area (Å²) in [7, 11) is 0. The van der Waals surface area contributed by atoms with Gasteiger partial charge in [-0.3, -0.25) is 20.4 Å². The molecular formula is C17H18N2O3. The molecule has 0 bridgehead atoms. The van der Waals surface area contributed by atoms with E-state index in [1.165, 1.54) is 0 Å². The number of carbonyl (C=O) groups is 2. The van der Waals surface area contributed by atoms with Crippen molar-refractivity contribution < 1.29 is 14.3 Å². The van der Waals surface area contributed by atoms with E-state index in [0.717, 1.165) is 6.42 Å². The summed E-state index contributed by atoms with van der Waals surface area (Å²) in [6.07, 6.45) is 0.848. The molecule has 2 N–H and O–H groups in total. The smallest absolute Gasteiger partial charge is 0.273 e. The number of carbonyl (C=O) groups excluding carboxylic acids is 2. The highest BCUT2D eigenvalue weighted by Gasteiger charge is 2.13. The van der Waals surface area contributed by atoms with Crippen molar-refractivity contribution in [2.75, 3.05) is 6.61 Å². The monoisotopic (exact) mass is 298 g/mol. The Balaban J connectivity index is 1.99. The van der Waals surface area contributed by atoms with Crippen molar-refractivity contribution in [3.63, 3.8) is 0 Å². The van der Waals surface area contributed by atoms with Gasteiger partial charge in [0.2, 0.25) is 0 Å². The van der Waals surface area contributed by atoms with Crippen molar-refractivity contribution in [2.24, 2.45) is 0 Å². The molecule has 0 saturated heterocycles. The first-order valence-electron chi connectivity index (χ1n) is 7.10. The molecular weight excluding hydrogens is 280 g/mol. The van der Waals surface area contributed by atoms with Gasteiger partial charge in [-0.1, -0.05) is 37.3 Å². The van der Waals surface area contributed by atoms with Crippen LogP contribution in [-0.2, 0) is 0 Å². The number of ether oxygens (including phenoxy) is 1. The topological polar surface area (TPSA) is 67.4 Å². The summed E-state index contributed by atoms with van der Waals surface area (Å²) in [4.78, 5) is 24.0. The van der Waals surface area contributed by atoms with E-state index in [2.05, 4.69) is 10.9 Å². The van der Waals surface area contributed by atoms with Gasteiger partial charge in [0.15, 0.2) is 0 Å². The summed E-state index contributed by atoms with van der Waals surface area (Å²) >= 11 is 0. The van der Waals surface area contributed by atoms with Crippen LogP contribution in [0, 0.1) is 0 Å². The van der Waals surface area contributed by atoms with E-state index in [1.807, 2.05) is 13.0 Å². The third-order valence-electron chi connectivity index (χ3n) is 2.92. The molecule has 2 aromatic carbocycles. The molecule has 5 heteroatoms. The van der Waals surface area contributed by atoms with E-state index >= 15 is 0 Å². The van der Waals surface area contributed by atoms with Gasteiger partial charge in [-0.05, 0) is 30.7 Å². The molecule has 2 rings (SSSR count). The fourth-order valence-corrected chi connectivity index (χ4v) is 1.83. The van der Waals surface area contributed by atoms with Gasteiger partial charge in [-0.25, -0.2) is 0 Å². The molecule has 22 heavy (non-hydrogen) atoms. The average Bonchev–Trinajstić information content (AvgIpc) is 2.58. The maximum absolute atomic E-state index is 12.2. The second-order valence-electron chi connectivity index (χ2n) is 4.62. The van der Waals surface area contributed by atoms with Crippen molar-refractivity contribution in [3.8, 4) is 5.75 Å². The largest absolute Gasteiger partial charge is 0.493 e. The predicted octanol–water partition coefficient (Wildman–Crippen LogP) is 2.55. The number of para-hydroxylation sites is 1. The van der Waals surface area contributed by atoms with Gasteiger partial charge in [0.25, 0.3) is 11.8 Å². The van der Waals surface area contributed by atoms with Crippen LogP contribution in [0.1, 0.15) is 34.1 Å². The lowest BCUT2D eigenvalue weighted by molar-refractivity contribution is 0.0844. The Morgan fingerprint density at radius 3 is 2.27 bits per heavy atom. The zero-order valence-electron chi connectivity index (χ0n) is 12.3. The van der Waals surface area contributed by atoms with Gasteiger partial charge in [0, 0.05) is 5.56 Å². The fourth-order valence-electron chi connectivity index (χ4n) is 1.83. The molecule has 0 aromatic heterocycles. The molecule has 0 radical (unpaired) electrons. The minimum Gasteiger partial charge on any atom is -0.493 e. The second kappa shape index (κ2) is 7.83. The van der Waals surface area contributed by atoms with Crippen molar-refractivity contribution in [1.29, 1.82) is 0 Å². The molecule has 0 spiro atoms. The lowest BCUT2D eigenvalue weighted by Crippen LogP contribution is -2.41. The van der Waals surface area contributed by atoms with E-state index < -0.39 is 5.91 Å². The first-order chi connectivity index (χ1) is 10.7. The molecule has 0 aliphatic carbocycles. The van der Waals surface area contributed by atoms with Gasteiger partial charge in [-0.2, -0.15) is 0 Å². The number of rotatable bonds is 5. The SMILES string of the molecule is CCCOc1ccccc1C(=O)NNC(=O)c1ccccc1. The highest BCUT2D eigenvalue weighted by Crippen LogP contribution is 2.17. The number of hydrogen-bond donors (Lipinski definition) is 2. The van der Waals surface area contributed by atoms with Crippen LogP contribution < -0.4 is 15.6 Å². The number of amides is 2. The van der Waals surface area contributed by atoms with Gasteiger partial charge in [0.05, 0.1) is 12.2 Å². The van der Waals surface area contributed by atoms with Crippen LogP contribution in [-0.4, -0.2) is 18.4 Å². The van der Waals surface area contributed by atoms with Crippen molar-refractivity contribution in [3.05, 3.63) is 65.7 Å². The maximum Gasteiger partial charge on any atom is 0.273 e. The molecule has 0 aliphatic heterocycles. The zero-order valence-corrected chi connectivity index (χ0v) is 12.3. The quantitative estimate of drug-likeness (QED) is 0.834. The summed E-state index contributed by atoms with van der Waals surface area (Å²) in [5.41, 5.74) is 5.63. The molecule has 0 atom stereocenters. The molecule has 0 fully saturated rings. The lowest BCUT2D eigenvalue weighted by atomic mass is 10.2. The lowest BCUT2D eigenvalue weighted by Gasteiger charge is -2.11. The second-order valence-corrected chi connectivity index (χ2v) is 4.62.